The van der Waals surface area contributed by atoms with E-state index in [1.807, 2.05) is 38.4 Å². The second-order valence-electron chi connectivity index (χ2n) is 7.81. The van der Waals surface area contributed by atoms with Crippen molar-refractivity contribution in [2.24, 2.45) is 0 Å². The topological polar surface area (TPSA) is 69.7 Å². The number of halogens is 1. The fourth-order valence-corrected chi connectivity index (χ4v) is 5.41. The maximum absolute atomic E-state index is 13.0. The highest BCUT2D eigenvalue weighted by molar-refractivity contribution is 7.89. The molecule has 30 heavy (non-hydrogen) atoms. The number of benzene rings is 2. The predicted octanol–water partition coefficient (Wildman–Crippen LogP) is 3.87. The van der Waals surface area contributed by atoms with Crippen LogP contribution >= 0.6 is 11.6 Å². The van der Waals surface area contributed by atoms with Gasteiger partial charge in [0.25, 0.3) is 5.91 Å². The van der Waals surface area contributed by atoms with Crippen molar-refractivity contribution in [1.82, 2.24) is 9.21 Å². The van der Waals surface area contributed by atoms with E-state index >= 15 is 0 Å². The van der Waals surface area contributed by atoms with Crippen molar-refractivity contribution in [2.75, 3.05) is 39.0 Å². The Morgan fingerprint density at radius 3 is 2.37 bits per heavy atom. The quantitative estimate of drug-likeness (QED) is 0.696. The zero-order valence-corrected chi connectivity index (χ0v) is 19.0. The standard InChI is InChI=1S/C22H28ClN3O3S/c1-25(2)15-12-17-6-9-19(10-7-17)24-22(27)18-8-11-20(23)21(16-18)30(28,29)26-13-4-3-5-14-26/h6-11,16H,3-5,12-15H2,1-2H3,(H,24,27). The second-order valence-corrected chi connectivity index (χ2v) is 10.1. The van der Waals surface area contributed by atoms with E-state index in [9.17, 15) is 13.2 Å². The first-order valence-corrected chi connectivity index (χ1v) is 11.9. The highest BCUT2D eigenvalue weighted by Crippen LogP contribution is 2.28. The smallest absolute Gasteiger partial charge is 0.255 e. The minimum Gasteiger partial charge on any atom is -0.322 e. The van der Waals surface area contributed by atoms with Crippen molar-refractivity contribution in [3.8, 4) is 0 Å². The van der Waals surface area contributed by atoms with E-state index in [2.05, 4.69) is 10.2 Å². The Balaban J connectivity index is 1.74. The minimum atomic E-state index is -3.72. The lowest BCUT2D eigenvalue weighted by Crippen LogP contribution is -2.35. The summed E-state index contributed by atoms with van der Waals surface area (Å²) in [6.07, 6.45) is 3.62. The van der Waals surface area contributed by atoms with Gasteiger partial charge in [-0.2, -0.15) is 4.31 Å². The van der Waals surface area contributed by atoms with Crippen LogP contribution in [0.4, 0.5) is 5.69 Å². The number of hydrogen-bond donors (Lipinski definition) is 1. The SMILES string of the molecule is CN(C)CCc1ccc(NC(=O)c2ccc(Cl)c(S(=O)(=O)N3CCCCC3)c2)cc1. The molecule has 0 spiro atoms. The van der Waals surface area contributed by atoms with Gasteiger partial charge in [-0.3, -0.25) is 4.79 Å². The number of nitrogens with one attached hydrogen (secondary N) is 1. The number of carbonyl (C=O) groups is 1. The first-order valence-electron chi connectivity index (χ1n) is 10.1. The van der Waals surface area contributed by atoms with Crippen LogP contribution in [0.15, 0.2) is 47.4 Å². The van der Waals surface area contributed by atoms with Gasteiger partial charge >= 0.3 is 0 Å². The number of anilines is 1. The number of likely N-dealkylation sites (N-methyl/N-ethyl adjacent to an activating group) is 1. The van der Waals surface area contributed by atoms with E-state index in [1.165, 1.54) is 22.0 Å². The Morgan fingerprint density at radius 2 is 1.73 bits per heavy atom. The minimum absolute atomic E-state index is 0.0160. The van der Waals surface area contributed by atoms with Crippen molar-refractivity contribution in [1.29, 1.82) is 0 Å². The van der Waals surface area contributed by atoms with E-state index in [0.717, 1.165) is 32.2 Å². The molecule has 1 aliphatic heterocycles. The van der Waals surface area contributed by atoms with E-state index in [0.29, 0.717) is 18.8 Å². The number of hydrogen-bond acceptors (Lipinski definition) is 4. The first kappa shape index (κ1) is 22.7. The molecular weight excluding hydrogens is 422 g/mol. The monoisotopic (exact) mass is 449 g/mol. The molecule has 1 saturated heterocycles. The van der Waals surface area contributed by atoms with Gasteiger partial charge < -0.3 is 10.2 Å². The summed E-state index contributed by atoms with van der Waals surface area (Å²) in [6.45, 7) is 1.91. The van der Waals surface area contributed by atoms with Crippen LogP contribution < -0.4 is 5.32 Å². The fourth-order valence-electron chi connectivity index (χ4n) is 3.40. The Labute approximate surface area is 183 Å². The third-order valence-corrected chi connectivity index (χ3v) is 7.57. The molecule has 1 heterocycles. The maximum Gasteiger partial charge on any atom is 0.255 e. The van der Waals surface area contributed by atoms with Crippen molar-refractivity contribution in [3.05, 3.63) is 58.6 Å². The van der Waals surface area contributed by atoms with Gasteiger partial charge in [-0.25, -0.2) is 8.42 Å². The number of amides is 1. The molecule has 0 radical (unpaired) electrons. The summed E-state index contributed by atoms with van der Waals surface area (Å²) in [5.74, 6) is -0.372. The van der Waals surface area contributed by atoms with E-state index in [1.54, 1.807) is 6.07 Å². The maximum atomic E-state index is 13.0. The number of nitrogens with zero attached hydrogens (tertiary/aromatic N) is 2. The molecule has 0 saturated carbocycles. The second kappa shape index (κ2) is 9.92. The van der Waals surface area contributed by atoms with E-state index in [4.69, 9.17) is 11.6 Å². The summed E-state index contributed by atoms with van der Waals surface area (Å²) in [5, 5.41) is 2.95. The van der Waals surface area contributed by atoms with Crippen LogP contribution in [0.25, 0.3) is 0 Å². The molecule has 1 amide bonds. The van der Waals surface area contributed by atoms with Crippen LogP contribution in [0.2, 0.25) is 5.02 Å². The molecule has 1 fully saturated rings. The summed E-state index contributed by atoms with van der Waals surface area (Å²) in [7, 11) is 0.333. The van der Waals surface area contributed by atoms with Gasteiger partial charge in [-0.1, -0.05) is 30.2 Å². The van der Waals surface area contributed by atoms with Crippen LogP contribution in [0.5, 0.6) is 0 Å². The third-order valence-electron chi connectivity index (χ3n) is 5.19. The number of carbonyl (C=O) groups excluding carboxylic acids is 1. The van der Waals surface area contributed by atoms with Crippen molar-refractivity contribution in [3.63, 3.8) is 0 Å². The molecule has 8 heteroatoms. The van der Waals surface area contributed by atoms with Gasteiger partial charge in [0, 0.05) is 30.9 Å². The Bertz CT molecular complexity index is 985. The summed E-state index contributed by atoms with van der Waals surface area (Å²) < 4.78 is 27.4. The summed E-state index contributed by atoms with van der Waals surface area (Å²) in [4.78, 5) is 14.8. The van der Waals surface area contributed by atoms with Crippen LogP contribution in [0.1, 0.15) is 35.2 Å². The number of piperidine rings is 1. The molecule has 2 aromatic carbocycles. The molecule has 0 unspecified atom stereocenters. The molecule has 0 atom stereocenters. The van der Waals surface area contributed by atoms with Gasteiger partial charge in [0.2, 0.25) is 10.0 Å². The van der Waals surface area contributed by atoms with Gasteiger partial charge in [-0.05, 0) is 69.3 Å². The lowest BCUT2D eigenvalue weighted by atomic mass is 10.1. The Morgan fingerprint density at radius 1 is 1.07 bits per heavy atom. The van der Waals surface area contributed by atoms with Gasteiger partial charge in [0.1, 0.15) is 4.90 Å². The zero-order chi connectivity index (χ0) is 21.7. The highest BCUT2D eigenvalue weighted by Gasteiger charge is 2.28. The summed E-state index contributed by atoms with van der Waals surface area (Å²) in [6, 6.07) is 12.0. The van der Waals surface area contributed by atoms with Crippen molar-refractivity contribution in [2.45, 2.75) is 30.6 Å². The number of rotatable bonds is 7. The van der Waals surface area contributed by atoms with Crippen molar-refractivity contribution < 1.29 is 13.2 Å². The van der Waals surface area contributed by atoms with Crippen LogP contribution in [-0.2, 0) is 16.4 Å². The van der Waals surface area contributed by atoms with Crippen LogP contribution in [0.3, 0.4) is 0 Å². The number of sulfonamides is 1. The first-order chi connectivity index (χ1) is 14.3. The average molecular weight is 450 g/mol. The Hall–Kier alpha value is -1.93. The van der Waals surface area contributed by atoms with E-state index in [-0.39, 0.29) is 21.4 Å². The molecule has 0 bridgehead atoms. The summed E-state index contributed by atoms with van der Waals surface area (Å²) in [5.41, 5.74) is 2.10. The van der Waals surface area contributed by atoms with Gasteiger partial charge in [-0.15, -0.1) is 0 Å². The lowest BCUT2D eigenvalue weighted by Gasteiger charge is -2.26. The Kier molecular flexibility index (Phi) is 7.52. The molecule has 1 N–H and O–H groups in total. The zero-order valence-electron chi connectivity index (χ0n) is 17.4. The molecule has 162 valence electrons. The van der Waals surface area contributed by atoms with Gasteiger partial charge in [0.15, 0.2) is 0 Å². The average Bonchev–Trinajstić information content (AvgIpc) is 2.74. The fraction of sp³-hybridized carbons (Fsp3) is 0.409. The summed E-state index contributed by atoms with van der Waals surface area (Å²) >= 11 is 6.19. The van der Waals surface area contributed by atoms with Gasteiger partial charge in [0.05, 0.1) is 5.02 Å². The molecule has 1 aliphatic rings. The molecule has 0 aromatic heterocycles. The normalized spacial score (nSPS) is 15.3. The van der Waals surface area contributed by atoms with Crippen molar-refractivity contribution >= 4 is 33.2 Å². The third kappa shape index (κ3) is 5.60. The van der Waals surface area contributed by atoms with E-state index < -0.39 is 10.0 Å². The molecule has 2 aromatic rings. The largest absolute Gasteiger partial charge is 0.322 e. The highest BCUT2D eigenvalue weighted by atomic mass is 35.5. The predicted molar refractivity (Wildman–Crippen MR) is 121 cm³/mol. The lowest BCUT2D eigenvalue weighted by molar-refractivity contribution is 0.102. The molecular formula is C22H28ClN3O3S. The molecule has 6 nitrogen and oxygen atoms in total. The van der Waals surface area contributed by atoms with Crippen LogP contribution in [0, 0.1) is 0 Å². The van der Waals surface area contributed by atoms with Crippen LogP contribution in [-0.4, -0.2) is 57.3 Å². The molecule has 0 aliphatic carbocycles. The molecule has 3 rings (SSSR count).